The minimum atomic E-state index is -0.213. The molecule has 6 nitrogen and oxygen atoms in total. The fourth-order valence-corrected chi connectivity index (χ4v) is 3.35. The molecule has 24 heavy (non-hydrogen) atoms. The van der Waals surface area contributed by atoms with Gasteiger partial charge in [0.05, 0.1) is 0 Å². The van der Waals surface area contributed by atoms with Crippen LogP contribution in [0.3, 0.4) is 0 Å². The van der Waals surface area contributed by atoms with E-state index in [2.05, 4.69) is 34.9 Å². The highest BCUT2D eigenvalue weighted by Crippen LogP contribution is 2.21. The number of amides is 2. The van der Waals surface area contributed by atoms with Gasteiger partial charge in [0.15, 0.2) is 0 Å². The predicted octanol–water partition coefficient (Wildman–Crippen LogP) is 3.13. The van der Waals surface area contributed by atoms with Crippen molar-refractivity contribution in [2.24, 2.45) is 22.0 Å². The molecule has 0 radical (unpaired) electrons. The van der Waals surface area contributed by atoms with Crippen molar-refractivity contribution in [1.29, 1.82) is 0 Å². The second kappa shape index (κ2) is 9.55. The van der Waals surface area contributed by atoms with Crippen LogP contribution < -0.4 is 10.9 Å². The Hall–Kier alpha value is -1.72. The summed E-state index contributed by atoms with van der Waals surface area (Å²) in [6.07, 6.45) is 8.84. The minimum absolute atomic E-state index is 0.138. The molecule has 0 unspecified atom stereocenters. The van der Waals surface area contributed by atoms with Crippen LogP contribution in [0.15, 0.2) is 10.2 Å². The molecule has 0 spiro atoms. The van der Waals surface area contributed by atoms with Crippen molar-refractivity contribution in [3.63, 3.8) is 0 Å². The van der Waals surface area contributed by atoms with Gasteiger partial charge in [-0.25, -0.2) is 10.9 Å². The zero-order valence-electron chi connectivity index (χ0n) is 14.9. The molecule has 2 fully saturated rings. The van der Waals surface area contributed by atoms with E-state index in [1.807, 2.05) is 0 Å². The van der Waals surface area contributed by atoms with Gasteiger partial charge in [-0.1, -0.05) is 13.8 Å². The first-order valence-electron chi connectivity index (χ1n) is 9.21. The SMILES string of the molecule is C[C@@H]1CCC/C(=N\NC(=O)CCC(=O)N/N=C2\CCC[C@H](C)C2)C1. The molecule has 2 saturated carbocycles. The molecule has 134 valence electrons. The quantitative estimate of drug-likeness (QED) is 0.757. The third kappa shape index (κ3) is 6.81. The van der Waals surface area contributed by atoms with E-state index in [0.29, 0.717) is 11.8 Å². The Balaban J connectivity index is 1.65. The van der Waals surface area contributed by atoms with E-state index in [9.17, 15) is 9.59 Å². The van der Waals surface area contributed by atoms with Crippen molar-refractivity contribution in [1.82, 2.24) is 10.9 Å². The van der Waals surface area contributed by atoms with Gasteiger partial charge in [0.1, 0.15) is 0 Å². The number of carbonyl (C=O) groups excluding carboxylic acids is 2. The lowest BCUT2D eigenvalue weighted by molar-refractivity contribution is -0.126. The van der Waals surface area contributed by atoms with Crippen molar-refractivity contribution >= 4 is 23.2 Å². The Bertz CT molecular complexity index is 467. The summed E-state index contributed by atoms with van der Waals surface area (Å²) in [5, 5.41) is 8.39. The highest BCUT2D eigenvalue weighted by Gasteiger charge is 2.15. The van der Waals surface area contributed by atoms with E-state index in [4.69, 9.17) is 0 Å². The fourth-order valence-electron chi connectivity index (χ4n) is 3.35. The van der Waals surface area contributed by atoms with Crippen LogP contribution in [0.25, 0.3) is 0 Å². The van der Waals surface area contributed by atoms with Crippen molar-refractivity contribution in [3.8, 4) is 0 Å². The summed E-state index contributed by atoms with van der Waals surface area (Å²) in [5.74, 6) is 0.855. The maximum atomic E-state index is 11.8. The summed E-state index contributed by atoms with van der Waals surface area (Å²) in [5.41, 5.74) is 7.26. The van der Waals surface area contributed by atoms with E-state index in [-0.39, 0.29) is 24.7 Å². The van der Waals surface area contributed by atoms with Gasteiger partial charge in [-0.2, -0.15) is 10.2 Å². The van der Waals surface area contributed by atoms with Crippen LogP contribution in [-0.2, 0) is 9.59 Å². The largest absolute Gasteiger partial charge is 0.273 e. The average molecular weight is 334 g/mol. The number of nitrogens with zero attached hydrogens (tertiary/aromatic N) is 2. The molecule has 2 amide bonds. The average Bonchev–Trinajstić information content (AvgIpc) is 2.56. The summed E-state index contributed by atoms with van der Waals surface area (Å²) in [7, 11) is 0. The van der Waals surface area contributed by atoms with Gasteiger partial charge in [-0.05, 0) is 63.2 Å². The van der Waals surface area contributed by atoms with Crippen LogP contribution in [0.5, 0.6) is 0 Å². The Morgan fingerprint density at radius 2 is 1.29 bits per heavy atom. The number of nitrogens with one attached hydrogen (secondary N) is 2. The van der Waals surface area contributed by atoms with Crippen molar-refractivity contribution in [2.75, 3.05) is 0 Å². The van der Waals surface area contributed by atoms with Crippen molar-refractivity contribution in [2.45, 2.75) is 78.1 Å². The summed E-state index contributed by atoms with van der Waals surface area (Å²) < 4.78 is 0. The highest BCUT2D eigenvalue weighted by molar-refractivity contribution is 5.89. The van der Waals surface area contributed by atoms with Crippen LogP contribution in [0, 0.1) is 11.8 Å². The summed E-state index contributed by atoms with van der Waals surface area (Å²) >= 11 is 0. The molecular formula is C18H30N4O2. The Labute approximate surface area is 144 Å². The molecule has 2 atom stereocenters. The first-order chi connectivity index (χ1) is 11.5. The summed E-state index contributed by atoms with van der Waals surface area (Å²) in [6, 6.07) is 0. The molecule has 2 N–H and O–H groups in total. The molecule has 0 heterocycles. The summed E-state index contributed by atoms with van der Waals surface area (Å²) in [4.78, 5) is 23.6. The number of hydrogen-bond acceptors (Lipinski definition) is 4. The predicted molar refractivity (Wildman–Crippen MR) is 95.7 cm³/mol. The number of rotatable bonds is 5. The molecule has 0 aromatic rings. The van der Waals surface area contributed by atoms with Crippen molar-refractivity contribution < 1.29 is 9.59 Å². The zero-order valence-corrected chi connectivity index (χ0v) is 14.9. The standard InChI is InChI=1S/C18H30N4O2/c1-13-5-3-7-15(11-13)19-21-17(23)9-10-18(24)22-20-16-8-4-6-14(2)12-16/h13-14H,3-12H2,1-2H3,(H,21,23)(H,22,24)/b19-15+,20-16+/t13-,14+. The maximum absolute atomic E-state index is 11.8. The Morgan fingerprint density at radius 3 is 1.67 bits per heavy atom. The number of hydrogen-bond donors (Lipinski definition) is 2. The fraction of sp³-hybridized carbons (Fsp3) is 0.778. The molecule has 2 aliphatic carbocycles. The smallest absolute Gasteiger partial charge is 0.240 e. The van der Waals surface area contributed by atoms with Gasteiger partial charge >= 0.3 is 0 Å². The van der Waals surface area contributed by atoms with Crippen LogP contribution in [-0.4, -0.2) is 23.2 Å². The molecular weight excluding hydrogens is 304 g/mol. The van der Waals surface area contributed by atoms with Gasteiger partial charge in [-0.15, -0.1) is 0 Å². The van der Waals surface area contributed by atoms with Crippen LogP contribution in [0.4, 0.5) is 0 Å². The molecule has 0 aromatic heterocycles. The second-order valence-electron chi connectivity index (χ2n) is 7.33. The normalized spacial score (nSPS) is 27.9. The van der Waals surface area contributed by atoms with E-state index < -0.39 is 0 Å². The van der Waals surface area contributed by atoms with E-state index in [1.165, 1.54) is 12.8 Å². The van der Waals surface area contributed by atoms with Gasteiger partial charge in [0.2, 0.25) is 11.8 Å². The van der Waals surface area contributed by atoms with Crippen LogP contribution in [0.1, 0.15) is 78.1 Å². The number of hydrazone groups is 2. The number of carbonyl (C=O) groups is 2. The second-order valence-corrected chi connectivity index (χ2v) is 7.33. The Kier molecular flexibility index (Phi) is 7.40. The lowest BCUT2D eigenvalue weighted by Gasteiger charge is -2.19. The molecule has 0 aliphatic heterocycles. The lowest BCUT2D eigenvalue weighted by Crippen LogP contribution is -2.26. The molecule has 2 aliphatic rings. The Morgan fingerprint density at radius 1 is 0.875 bits per heavy atom. The monoisotopic (exact) mass is 334 g/mol. The van der Waals surface area contributed by atoms with Crippen LogP contribution in [0.2, 0.25) is 0 Å². The summed E-state index contributed by atoms with van der Waals surface area (Å²) in [6.45, 7) is 4.41. The minimum Gasteiger partial charge on any atom is -0.273 e. The van der Waals surface area contributed by atoms with Crippen molar-refractivity contribution in [3.05, 3.63) is 0 Å². The van der Waals surface area contributed by atoms with Gasteiger partial charge in [0.25, 0.3) is 0 Å². The molecule has 0 saturated heterocycles. The van der Waals surface area contributed by atoms with Gasteiger partial charge in [-0.3, -0.25) is 9.59 Å². The molecule has 6 heteroatoms. The third-order valence-corrected chi connectivity index (χ3v) is 4.75. The zero-order chi connectivity index (χ0) is 17.4. The maximum Gasteiger partial charge on any atom is 0.240 e. The van der Waals surface area contributed by atoms with E-state index >= 15 is 0 Å². The molecule has 2 rings (SSSR count). The molecule has 0 aromatic carbocycles. The van der Waals surface area contributed by atoms with Gasteiger partial charge < -0.3 is 0 Å². The first-order valence-corrected chi connectivity index (χ1v) is 9.21. The van der Waals surface area contributed by atoms with E-state index in [0.717, 1.165) is 49.9 Å². The van der Waals surface area contributed by atoms with E-state index in [1.54, 1.807) is 0 Å². The lowest BCUT2D eigenvalue weighted by atomic mass is 9.89. The van der Waals surface area contributed by atoms with Crippen LogP contribution >= 0.6 is 0 Å². The third-order valence-electron chi connectivity index (χ3n) is 4.75. The topological polar surface area (TPSA) is 82.9 Å². The van der Waals surface area contributed by atoms with Gasteiger partial charge in [0, 0.05) is 24.3 Å². The first kappa shape index (κ1) is 18.6. The highest BCUT2D eigenvalue weighted by atomic mass is 16.2. The molecule has 0 bridgehead atoms.